The van der Waals surface area contributed by atoms with Crippen molar-refractivity contribution >= 4 is 33.7 Å². The highest BCUT2D eigenvalue weighted by Gasteiger charge is 2.49. The lowest BCUT2D eigenvalue weighted by Gasteiger charge is -2.37. The quantitative estimate of drug-likeness (QED) is 0.766. The Morgan fingerprint density at radius 1 is 1.21 bits per heavy atom. The van der Waals surface area contributed by atoms with E-state index in [0.717, 1.165) is 10.9 Å². The molecule has 0 atom stereocenters. The maximum absolute atomic E-state index is 13.0. The molecule has 7 nitrogen and oxygen atoms in total. The van der Waals surface area contributed by atoms with Crippen molar-refractivity contribution in [3.05, 3.63) is 16.6 Å². The molecule has 2 amide bonds. The molecule has 1 aromatic rings. The summed E-state index contributed by atoms with van der Waals surface area (Å²) in [5.41, 5.74) is -0.396. The fourth-order valence-electron chi connectivity index (χ4n) is 3.46. The molecule has 2 saturated heterocycles. The minimum atomic E-state index is -0.396. The van der Waals surface area contributed by atoms with E-state index in [0.29, 0.717) is 44.2 Å². The van der Waals surface area contributed by atoms with Gasteiger partial charge in [-0.3, -0.25) is 9.69 Å². The van der Waals surface area contributed by atoms with E-state index in [1.54, 1.807) is 16.9 Å². The van der Waals surface area contributed by atoms with E-state index >= 15 is 0 Å². The summed E-state index contributed by atoms with van der Waals surface area (Å²) in [6.07, 6.45) is 1.77. The largest absolute Gasteiger partial charge is 0.480 e. The van der Waals surface area contributed by atoms with Crippen molar-refractivity contribution in [3.8, 4) is 5.88 Å². The zero-order valence-corrected chi connectivity index (χ0v) is 15.3. The Balaban J connectivity index is 1.75. The zero-order valence-electron chi connectivity index (χ0n) is 13.7. The van der Waals surface area contributed by atoms with Gasteiger partial charge in [0, 0.05) is 19.6 Å². The van der Waals surface area contributed by atoms with Gasteiger partial charge in [0.1, 0.15) is 5.82 Å². The molecule has 0 unspecified atom stereocenters. The number of aromatic nitrogens is 1. The molecule has 1 spiro atoms. The van der Waals surface area contributed by atoms with Crippen molar-refractivity contribution in [2.45, 2.75) is 19.3 Å². The molecule has 24 heavy (non-hydrogen) atoms. The number of pyridine rings is 1. The zero-order chi connectivity index (χ0) is 17.3. The van der Waals surface area contributed by atoms with Crippen molar-refractivity contribution in [2.75, 3.05) is 38.8 Å². The summed E-state index contributed by atoms with van der Waals surface area (Å²) in [4.78, 5) is 32.4. The van der Waals surface area contributed by atoms with Crippen molar-refractivity contribution in [2.24, 2.45) is 5.41 Å². The number of carbonyl (C=O) groups excluding carboxylic acids is 2. The third-order valence-corrected chi connectivity index (χ3v) is 5.54. The Kier molecular flexibility index (Phi) is 4.67. The molecule has 0 aromatic carbocycles. The van der Waals surface area contributed by atoms with Gasteiger partial charge in [0.25, 0.3) is 0 Å². The van der Waals surface area contributed by atoms with Crippen LogP contribution >= 0.6 is 15.9 Å². The third kappa shape index (κ3) is 2.83. The maximum Gasteiger partial charge on any atom is 0.409 e. The van der Waals surface area contributed by atoms with Crippen LogP contribution in [0.25, 0.3) is 0 Å². The van der Waals surface area contributed by atoms with Gasteiger partial charge in [0.15, 0.2) is 0 Å². The van der Waals surface area contributed by atoms with E-state index in [4.69, 9.17) is 9.47 Å². The summed E-state index contributed by atoms with van der Waals surface area (Å²) in [6, 6.07) is 3.65. The molecule has 0 bridgehead atoms. The Morgan fingerprint density at radius 3 is 2.50 bits per heavy atom. The number of amides is 2. The van der Waals surface area contributed by atoms with Crippen molar-refractivity contribution in [1.29, 1.82) is 0 Å². The molecular formula is C16H20BrN3O4. The number of likely N-dealkylation sites (tertiary alicyclic amines) is 1. The lowest BCUT2D eigenvalue weighted by Crippen LogP contribution is -2.46. The molecule has 2 aliphatic heterocycles. The van der Waals surface area contributed by atoms with Crippen molar-refractivity contribution in [3.63, 3.8) is 0 Å². The lowest BCUT2D eigenvalue weighted by atomic mass is 9.77. The van der Waals surface area contributed by atoms with Gasteiger partial charge in [-0.25, -0.2) is 4.79 Å². The number of anilines is 1. The van der Waals surface area contributed by atoms with Gasteiger partial charge in [-0.1, -0.05) is 0 Å². The van der Waals surface area contributed by atoms with E-state index in [9.17, 15) is 9.59 Å². The average molecular weight is 398 g/mol. The number of hydrogen-bond acceptors (Lipinski definition) is 5. The van der Waals surface area contributed by atoms with Gasteiger partial charge in [-0.05, 0) is 47.3 Å². The van der Waals surface area contributed by atoms with Gasteiger partial charge in [0.05, 0.1) is 24.1 Å². The van der Waals surface area contributed by atoms with Crippen LogP contribution in [0.2, 0.25) is 0 Å². The van der Waals surface area contributed by atoms with Gasteiger partial charge >= 0.3 is 6.09 Å². The SMILES string of the molecule is COC(=O)N1CCC2(CC1)CCN(c1ccc(Br)c(OC)n1)C2=O. The molecular weight excluding hydrogens is 378 g/mol. The molecule has 3 heterocycles. The predicted octanol–water partition coefficient (Wildman–Crippen LogP) is 2.44. The molecule has 3 rings (SSSR count). The van der Waals surface area contributed by atoms with E-state index in [2.05, 4.69) is 20.9 Å². The first-order chi connectivity index (χ1) is 11.5. The average Bonchev–Trinajstić information content (AvgIpc) is 2.92. The number of ether oxygens (including phenoxy) is 2. The van der Waals surface area contributed by atoms with Crippen LogP contribution < -0.4 is 9.64 Å². The lowest BCUT2D eigenvalue weighted by molar-refractivity contribution is -0.127. The number of methoxy groups -OCH3 is 2. The van der Waals surface area contributed by atoms with Gasteiger partial charge in [0.2, 0.25) is 11.8 Å². The Morgan fingerprint density at radius 2 is 1.88 bits per heavy atom. The van der Waals surface area contributed by atoms with Crippen LogP contribution in [0.15, 0.2) is 16.6 Å². The predicted molar refractivity (Wildman–Crippen MR) is 91.1 cm³/mol. The first-order valence-electron chi connectivity index (χ1n) is 7.86. The number of carbonyl (C=O) groups is 2. The van der Waals surface area contributed by atoms with Crippen LogP contribution in [0.4, 0.5) is 10.6 Å². The molecule has 0 saturated carbocycles. The summed E-state index contributed by atoms with van der Waals surface area (Å²) in [7, 11) is 2.93. The molecule has 8 heteroatoms. The maximum atomic E-state index is 13.0. The standard InChI is InChI=1S/C16H20BrN3O4/c1-23-13-11(17)3-4-12(18-13)20-10-7-16(14(20)21)5-8-19(9-6-16)15(22)24-2/h3-4H,5-10H2,1-2H3. The van der Waals surface area contributed by atoms with E-state index in [1.165, 1.54) is 7.11 Å². The first-order valence-corrected chi connectivity index (χ1v) is 8.65. The molecule has 0 radical (unpaired) electrons. The Bertz CT molecular complexity index is 659. The highest BCUT2D eigenvalue weighted by atomic mass is 79.9. The molecule has 2 fully saturated rings. The van der Waals surface area contributed by atoms with Gasteiger partial charge < -0.3 is 14.4 Å². The highest BCUT2D eigenvalue weighted by Crippen LogP contribution is 2.43. The summed E-state index contributed by atoms with van der Waals surface area (Å²) in [6.45, 7) is 1.72. The summed E-state index contributed by atoms with van der Waals surface area (Å²) in [5, 5.41) is 0. The summed E-state index contributed by atoms with van der Waals surface area (Å²) < 4.78 is 10.7. The molecule has 0 N–H and O–H groups in total. The number of piperidine rings is 1. The molecule has 0 aliphatic carbocycles. The second-order valence-corrected chi connectivity index (χ2v) is 6.96. The fourth-order valence-corrected chi connectivity index (χ4v) is 3.84. The van der Waals surface area contributed by atoms with Crippen molar-refractivity contribution in [1.82, 2.24) is 9.88 Å². The summed E-state index contributed by atoms with van der Waals surface area (Å²) >= 11 is 3.37. The highest BCUT2D eigenvalue weighted by molar-refractivity contribution is 9.10. The van der Waals surface area contributed by atoms with Crippen molar-refractivity contribution < 1.29 is 19.1 Å². The first kappa shape index (κ1) is 17.0. The molecule has 1 aromatic heterocycles. The van der Waals surface area contributed by atoms with Crippen LogP contribution in [-0.4, -0.2) is 55.7 Å². The van der Waals surface area contributed by atoms with Gasteiger partial charge in [-0.2, -0.15) is 4.98 Å². The van der Waals surface area contributed by atoms with Crippen LogP contribution in [0, 0.1) is 5.41 Å². The Labute approximate surface area is 149 Å². The van der Waals surface area contributed by atoms with Crippen LogP contribution in [0.1, 0.15) is 19.3 Å². The molecule has 130 valence electrons. The second kappa shape index (κ2) is 6.58. The smallest absolute Gasteiger partial charge is 0.409 e. The minimum absolute atomic E-state index is 0.0869. The number of hydrogen-bond donors (Lipinski definition) is 0. The third-order valence-electron chi connectivity index (χ3n) is 4.94. The van der Waals surface area contributed by atoms with E-state index < -0.39 is 5.41 Å². The van der Waals surface area contributed by atoms with E-state index in [-0.39, 0.29) is 12.0 Å². The van der Waals surface area contributed by atoms with Crippen LogP contribution in [0.3, 0.4) is 0 Å². The topological polar surface area (TPSA) is 72.0 Å². The second-order valence-electron chi connectivity index (χ2n) is 6.10. The summed E-state index contributed by atoms with van der Waals surface area (Å²) in [5.74, 6) is 1.15. The van der Waals surface area contributed by atoms with Crippen LogP contribution in [-0.2, 0) is 9.53 Å². The number of halogens is 1. The van der Waals surface area contributed by atoms with E-state index in [1.807, 2.05) is 12.1 Å². The molecule has 2 aliphatic rings. The van der Waals surface area contributed by atoms with Gasteiger partial charge in [-0.15, -0.1) is 0 Å². The number of nitrogens with zero attached hydrogens (tertiary/aromatic N) is 3. The normalized spacial score (nSPS) is 19.7. The number of rotatable bonds is 2. The van der Waals surface area contributed by atoms with Crippen LogP contribution in [0.5, 0.6) is 5.88 Å². The monoisotopic (exact) mass is 397 g/mol. The minimum Gasteiger partial charge on any atom is -0.480 e. The fraction of sp³-hybridized carbons (Fsp3) is 0.562. The Hall–Kier alpha value is -1.83.